The molecule has 0 aliphatic carbocycles. The van der Waals surface area contributed by atoms with Crippen LogP contribution in [0.1, 0.15) is 27.2 Å². The Balaban J connectivity index is 2.83. The molecule has 3 N–H and O–H groups in total. The van der Waals surface area contributed by atoms with E-state index in [0.29, 0.717) is 24.4 Å². The minimum absolute atomic E-state index is 0.0159. The van der Waals surface area contributed by atoms with Crippen LogP contribution in [0.25, 0.3) is 0 Å². The van der Waals surface area contributed by atoms with Crippen LogP contribution in [-0.2, 0) is 0 Å². The van der Waals surface area contributed by atoms with Gasteiger partial charge in [-0.3, -0.25) is 0 Å². The van der Waals surface area contributed by atoms with Gasteiger partial charge in [-0.25, -0.2) is 0 Å². The summed E-state index contributed by atoms with van der Waals surface area (Å²) in [6.07, 6.45) is 0.728. The Morgan fingerprint density at radius 2 is 1.70 bits per heavy atom. The van der Waals surface area contributed by atoms with Gasteiger partial charge in [-0.05, 0) is 18.8 Å². The molecular formula is C13H26N6O. The van der Waals surface area contributed by atoms with Crippen LogP contribution < -0.4 is 15.5 Å². The van der Waals surface area contributed by atoms with E-state index in [4.69, 9.17) is 5.11 Å². The molecule has 1 aromatic heterocycles. The summed E-state index contributed by atoms with van der Waals surface area (Å²) in [7, 11) is 3.79. The number of nitrogens with zero attached hydrogens (tertiary/aromatic N) is 4. The second-order valence-corrected chi connectivity index (χ2v) is 5.70. The lowest BCUT2D eigenvalue weighted by Gasteiger charge is -2.24. The van der Waals surface area contributed by atoms with Crippen molar-refractivity contribution in [3.8, 4) is 0 Å². The van der Waals surface area contributed by atoms with E-state index in [1.54, 1.807) is 0 Å². The maximum absolute atomic E-state index is 9.04. The Morgan fingerprint density at radius 3 is 2.20 bits per heavy atom. The average Bonchev–Trinajstić information content (AvgIpc) is 2.36. The normalized spacial score (nSPS) is 11.3. The number of nitrogens with one attached hydrogen (secondary N) is 2. The molecule has 0 aliphatic heterocycles. The minimum atomic E-state index is -0.0159. The van der Waals surface area contributed by atoms with Crippen LogP contribution in [0.3, 0.4) is 0 Å². The standard InChI is InChI=1S/C13H26N6O/c1-6-14-10-16-11(18-12(17-10)19(4)5)15-9-13(2,3)7-8-20/h20H,6-9H2,1-5H3,(H2,14,15,16,17,18). The number of rotatable bonds is 8. The fraction of sp³-hybridized carbons (Fsp3) is 0.769. The minimum Gasteiger partial charge on any atom is -0.396 e. The smallest absolute Gasteiger partial charge is 0.231 e. The first-order chi connectivity index (χ1) is 9.38. The van der Waals surface area contributed by atoms with E-state index in [2.05, 4.69) is 39.4 Å². The van der Waals surface area contributed by atoms with Crippen molar-refractivity contribution < 1.29 is 5.11 Å². The highest BCUT2D eigenvalue weighted by atomic mass is 16.3. The van der Waals surface area contributed by atoms with E-state index < -0.39 is 0 Å². The van der Waals surface area contributed by atoms with Crippen LogP contribution in [-0.4, -0.2) is 53.9 Å². The van der Waals surface area contributed by atoms with Crippen molar-refractivity contribution in [1.82, 2.24) is 15.0 Å². The summed E-state index contributed by atoms with van der Waals surface area (Å²) in [5, 5.41) is 15.4. The molecule has 0 saturated carbocycles. The molecule has 0 radical (unpaired) electrons. The number of hydrogen-bond acceptors (Lipinski definition) is 7. The van der Waals surface area contributed by atoms with Crippen molar-refractivity contribution in [1.29, 1.82) is 0 Å². The van der Waals surface area contributed by atoms with E-state index in [1.807, 2.05) is 25.9 Å². The van der Waals surface area contributed by atoms with Crippen LogP contribution >= 0.6 is 0 Å². The number of aromatic nitrogens is 3. The number of aliphatic hydroxyl groups excluding tert-OH is 1. The Bertz CT molecular complexity index is 421. The van der Waals surface area contributed by atoms with Crippen LogP contribution in [0.15, 0.2) is 0 Å². The van der Waals surface area contributed by atoms with Crippen LogP contribution in [0.2, 0.25) is 0 Å². The summed E-state index contributed by atoms with van der Waals surface area (Å²) in [5.74, 6) is 1.72. The molecule has 20 heavy (non-hydrogen) atoms. The second-order valence-electron chi connectivity index (χ2n) is 5.70. The SMILES string of the molecule is CCNc1nc(NCC(C)(C)CCO)nc(N(C)C)n1. The van der Waals surface area contributed by atoms with E-state index in [-0.39, 0.29) is 12.0 Å². The summed E-state index contributed by atoms with van der Waals surface area (Å²) >= 11 is 0. The Kier molecular flexibility index (Phi) is 5.94. The van der Waals surface area contributed by atoms with Crippen LogP contribution in [0.4, 0.5) is 17.8 Å². The molecule has 0 aromatic carbocycles. The maximum atomic E-state index is 9.04. The molecule has 0 bridgehead atoms. The van der Waals surface area contributed by atoms with E-state index in [1.165, 1.54) is 0 Å². The fourth-order valence-electron chi connectivity index (χ4n) is 1.59. The van der Waals surface area contributed by atoms with Gasteiger partial charge < -0.3 is 20.6 Å². The summed E-state index contributed by atoms with van der Waals surface area (Å²) in [4.78, 5) is 14.9. The molecule has 0 saturated heterocycles. The van der Waals surface area contributed by atoms with Crippen molar-refractivity contribution in [2.24, 2.45) is 5.41 Å². The Labute approximate surface area is 120 Å². The molecule has 7 heteroatoms. The van der Waals surface area contributed by atoms with E-state index in [9.17, 15) is 0 Å². The molecule has 0 atom stereocenters. The topological polar surface area (TPSA) is 86.2 Å². The molecule has 7 nitrogen and oxygen atoms in total. The van der Waals surface area contributed by atoms with Crippen LogP contribution in [0, 0.1) is 5.41 Å². The van der Waals surface area contributed by atoms with Crippen LogP contribution in [0.5, 0.6) is 0 Å². The maximum Gasteiger partial charge on any atom is 0.231 e. The fourth-order valence-corrected chi connectivity index (χ4v) is 1.59. The third-order valence-electron chi connectivity index (χ3n) is 2.87. The van der Waals surface area contributed by atoms with Gasteiger partial charge in [0.2, 0.25) is 17.8 Å². The lowest BCUT2D eigenvalue weighted by atomic mass is 9.90. The lowest BCUT2D eigenvalue weighted by Crippen LogP contribution is -2.26. The molecule has 0 spiro atoms. The van der Waals surface area contributed by atoms with Gasteiger partial charge in [0.15, 0.2) is 0 Å². The van der Waals surface area contributed by atoms with Crippen molar-refractivity contribution in [2.75, 3.05) is 49.3 Å². The summed E-state index contributed by atoms with van der Waals surface area (Å²) in [6, 6.07) is 0. The summed E-state index contributed by atoms with van der Waals surface area (Å²) < 4.78 is 0. The highest BCUT2D eigenvalue weighted by Gasteiger charge is 2.18. The van der Waals surface area contributed by atoms with Crippen molar-refractivity contribution in [3.63, 3.8) is 0 Å². The summed E-state index contributed by atoms with van der Waals surface area (Å²) in [5.41, 5.74) is -0.0159. The zero-order chi connectivity index (χ0) is 15.2. The highest BCUT2D eigenvalue weighted by Crippen LogP contribution is 2.20. The zero-order valence-electron chi connectivity index (χ0n) is 13.1. The van der Waals surface area contributed by atoms with Gasteiger partial charge in [-0.15, -0.1) is 0 Å². The highest BCUT2D eigenvalue weighted by molar-refractivity contribution is 5.42. The monoisotopic (exact) mass is 282 g/mol. The van der Waals surface area contributed by atoms with E-state index >= 15 is 0 Å². The molecular weight excluding hydrogens is 256 g/mol. The molecule has 1 rings (SSSR count). The number of aliphatic hydroxyl groups is 1. The molecule has 0 unspecified atom stereocenters. The third-order valence-corrected chi connectivity index (χ3v) is 2.87. The van der Waals surface area contributed by atoms with Gasteiger partial charge in [0, 0.05) is 33.8 Å². The van der Waals surface area contributed by atoms with Gasteiger partial charge in [-0.1, -0.05) is 13.8 Å². The Hall–Kier alpha value is -1.63. The van der Waals surface area contributed by atoms with Gasteiger partial charge in [-0.2, -0.15) is 15.0 Å². The average molecular weight is 282 g/mol. The molecule has 0 amide bonds. The molecule has 0 fully saturated rings. The third kappa shape index (κ3) is 5.16. The number of hydrogen-bond donors (Lipinski definition) is 3. The van der Waals surface area contributed by atoms with Gasteiger partial charge in [0.25, 0.3) is 0 Å². The van der Waals surface area contributed by atoms with Crippen molar-refractivity contribution >= 4 is 17.8 Å². The first-order valence-electron chi connectivity index (χ1n) is 6.90. The largest absolute Gasteiger partial charge is 0.396 e. The van der Waals surface area contributed by atoms with Gasteiger partial charge in [0.1, 0.15) is 0 Å². The van der Waals surface area contributed by atoms with Gasteiger partial charge in [0.05, 0.1) is 0 Å². The molecule has 1 heterocycles. The molecule has 0 aliphatic rings. The van der Waals surface area contributed by atoms with Gasteiger partial charge >= 0.3 is 0 Å². The summed E-state index contributed by atoms with van der Waals surface area (Å²) in [6.45, 7) is 7.81. The zero-order valence-corrected chi connectivity index (χ0v) is 13.1. The first-order valence-corrected chi connectivity index (χ1v) is 6.90. The lowest BCUT2D eigenvalue weighted by molar-refractivity contribution is 0.220. The molecule has 1 aromatic rings. The van der Waals surface area contributed by atoms with Crippen molar-refractivity contribution in [2.45, 2.75) is 27.2 Å². The number of anilines is 3. The van der Waals surface area contributed by atoms with E-state index in [0.717, 1.165) is 13.0 Å². The Morgan fingerprint density at radius 1 is 1.10 bits per heavy atom. The molecule has 114 valence electrons. The first kappa shape index (κ1) is 16.4. The predicted molar refractivity (Wildman–Crippen MR) is 82.3 cm³/mol. The quantitative estimate of drug-likeness (QED) is 0.660. The second kappa shape index (κ2) is 7.23. The van der Waals surface area contributed by atoms with Crippen molar-refractivity contribution in [3.05, 3.63) is 0 Å². The predicted octanol–water partition coefficient (Wildman–Crippen LogP) is 1.19.